The van der Waals surface area contributed by atoms with Crippen LogP contribution >= 0.6 is 0 Å². The lowest BCUT2D eigenvalue weighted by molar-refractivity contribution is 1.18. The van der Waals surface area contributed by atoms with E-state index < -0.39 is 0 Å². The molecular weight excluding hydrogens is 364 g/mol. The van der Waals surface area contributed by atoms with Crippen LogP contribution in [-0.4, -0.2) is 9.55 Å². The topological polar surface area (TPSA) is 20.7 Å². The van der Waals surface area contributed by atoms with Crippen LogP contribution in [0.4, 0.5) is 0 Å². The second-order valence-electron chi connectivity index (χ2n) is 7.85. The average Bonchev–Trinajstić information content (AvgIpc) is 3.33. The predicted octanol–water partition coefficient (Wildman–Crippen LogP) is 7.57. The van der Waals surface area contributed by atoms with Crippen molar-refractivity contribution in [3.05, 3.63) is 103 Å². The molecule has 0 aliphatic heterocycles. The van der Waals surface area contributed by atoms with Gasteiger partial charge in [-0.15, -0.1) is 0 Å². The van der Waals surface area contributed by atoms with Gasteiger partial charge in [0, 0.05) is 38.3 Å². The normalized spacial score (nSPS) is 12.5. The highest BCUT2D eigenvalue weighted by Crippen LogP contribution is 2.39. The van der Waals surface area contributed by atoms with E-state index in [9.17, 15) is 0 Å². The van der Waals surface area contributed by atoms with E-state index >= 15 is 0 Å². The minimum absolute atomic E-state index is 0.520. The Labute approximate surface area is 174 Å². The highest BCUT2D eigenvalue weighted by molar-refractivity contribution is 6.24. The number of para-hydroxylation sites is 2. The third kappa shape index (κ3) is 2.03. The summed E-state index contributed by atoms with van der Waals surface area (Å²) in [5.41, 5.74) is 5.40. The van der Waals surface area contributed by atoms with E-state index in [0.29, 0.717) is 6.04 Å². The Hall–Kier alpha value is -4.04. The van der Waals surface area contributed by atoms with Crippen LogP contribution in [0.25, 0.3) is 60.1 Å². The molecule has 0 aliphatic carbocycles. The van der Waals surface area contributed by atoms with Gasteiger partial charge >= 0.3 is 0 Å². The monoisotopic (exact) mass is 383 g/mol. The van der Waals surface area contributed by atoms with Crippen LogP contribution in [-0.2, 0) is 0 Å². The van der Waals surface area contributed by atoms with Gasteiger partial charge < -0.3 is 9.55 Å². The van der Waals surface area contributed by atoms with Crippen LogP contribution in [0.5, 0.6) is 0 Å². The highest BCUT2D eigenvalue weighted by Gasteiger charge is 2.16. The molecule has 0 spiro atoms. The van der Waals surface area contributed by atoms with E-state index in [1.54, 1.807) is 0 Å². The van der Waals surface area contributed by atoms with E-state index in [0.717, 1.165) is 27.8 Å². The van der Waals surface area contributed by atoms with Crippen molar-refractivity contribution in [1.29, 1.82) is 0 Å². The van der Waals surface area contributed by atoms with Gasteiger partial charge in [0.2, 0.25) is 0 Å². The van der Waals surface area contributed by atoms with Gasteiger partial charge in [-0.3, -0.25) is 0 Å². The van der Waals surface area contributed by atoms with Crippen LogP contribution < -0.4 is 0 Å². The van der Waals surface area contributed by atoms with Crippen molar-refractivity contribution in [2.24, 2.45) is 0 Å². The fraction of sp³-hybridized carbons (Fsp3) is 0. The molecule has 0 unspecified atom stereocenters. The maximum absolute atomic E-state index is 8.58. The Balaban J connectivity index is 1.77. The molecule has 0 amide bonds. The summed E-state index contributed by atoms with van der Waals surface area (Å²) >= 11 is 0. The Morgan fingerprint density at radius 2 is 1.43 bits per heavy atom. The highest BCUT2D eigenvalue weighted by atomic mass is 15.0. The van der Waals surface area contributed by atoms with Gasteiger partial charge in [0.1, 0.15) is 0 Å². The number of benzene rings is 5. The van der Waals surface area contributed by atoms with E-state index in [1.165, 1.54) is 32.3 Å². The molecule has 7 rings (SSSR count). The Morgan fingerprint density at radius 1 is 0.600 bits per heavy atom. The minimum Gasteiger partial charge on any atom is -0.354 e. The number of H-pyrrole nitrogens is 1. The molecule has 0 saturated heterocycles. The molecule has 0 bridgehead atoms. The molecule has 0 aliphatic rings. The summed E-state index contributed by atoms with van der Waals surface area (Å²) in [6.45, 7) is 0. The zero-order valence-electron chi connectivity index (χ0n) is 17.2. The first-order valence-corrected chi connectivity index (χ1v) is 10.2. The van der Waals surface area contributed by atoms with Crippen molar-refractivity contribution >= 4 is 54.4 Å². The van der Waals surface area contributed by atoms with E-state index in [2.05, 4.69) is 82.3 Å². The predicted molar refractivity (Wildman–Crippen MR) is 128 cm³/mol. The number of rotatable bonds is 1. The molecule has 2 aromatic heterocycles. The number of aromatic nitrogens is 2. The zero-order chi connectivity index (χ0) is 20.5. The van der Waals surface area contributed by atoms with Crippen molar-refractivity contribution < 1.29 is 1.37 Å². The smallest absolute Gasteiger partial charge is 0.0645 e. The fourth-order valence-electron chi connectivity index (χ4n) is 4.91. The number of hydrogen-bond acceptors (Lipinski definition) is 0. The van der Waals surface area contributed by atoms with Gasteiger partial charge in [-0.25, -0.2) is 0 Å². The molecule has 140 valence electrons. The molecule has 0 radical (unpaired) electrons. The molecule has 5 aromatic carbocycles. The first-order chi connectivity index (χ1) is 15.3. The second-order valence-corrected chi connectivity index (χ2v) is 7.85. The summed E-state index contributed by atoms with van der Waals surface area (Å²) in [6, 6.07) is 34.3. The summed E-state index contributed by atoms with van der Waals surface area (Å²) in [7, 11) is 0. The van der Waals surface area contributed by atoms with Crippen LogP contribution in [0.3, 0.4) is 0 Å². The first kappa shape index (κ1) is 14.9. The molecule has 0 saturated carbocycles. The number of aromatic amines is 1. The fourth-order valence-corrected chi connectivity index (χ4v) is 4.91. The van der Waals surface area contributed by atoms with Gasteiger partial charge in [0.15, 0.2) is 0 Å². The maximum Gasteiger partial charge on any atom is 0.0645 e. The van der Waals surface area contributed by atoms with Crippen molar-refractivity contribution in [3.63, 3.8) is 0 Å². The summed E-state index contributed by atoms with van der Waals surface area (Å²) in [6.07, 6.45) is 0. The molecule has 30 heavy (non-hydrogen) atoms. The SMILES string of the molecule is [2H]c1ccccc1-n1c2cc3[nH]c4ccccc4c3cc2c2c3ccccc3ccc21. The molecule has 1 N–H and O–H groups in total. The molecule has 2 heterocycles. The summed E-state index contributed by atoms with van der Waals surface area (Å²) in [4.78, 5) is 3.58. The summed E-state index contributed by atoms with van der Waals surface area (Å²) in [5.74, 6) is 0. The quantitative estimate of drug-likeness (QED) is 0.302. The molecule has 7 aromatic rings. The lowest BCUT2D eigenvalue weighted by Crippen LogP contribution is -1.93. The lowest BCUT2D eigenvalue weighted by atomic mass is 10.0. The van der Waals surface area contributed by atoms with Gasteiger partial charge in [-0.2, -0.15) is 0 Å². The third-order valence-electron chi connectivity index (χ3n) is 6.21. The van der Waals surface area contributed by atoms with Crippen LogP contribution in [0, 0.1) is 0 Å². The Kier molecular flexibility index (Phi) is 2.85. The number of hydrogen-bond donors (Lipinski definition) is 1. The molecule has 0 fully saturated rings. The van der Waals surface area contributed by atoms with E-state index in [4.69, 9.17) is 1.37 Å². The van der Waals surface area contributed by atoms with Gasteiger partial charge in [0.05, 0.1) is 12.4 Å². The van der Waals surface area contributed by atoms with Gasteiger partial charge in [-0.05, 0) is 47.1 Å². The van der Waals surface area contributed by atoms with Crippen molar-refractivity contribution in [2.75, 3.05) is 0 Å². The number of nitrogens with zero attached hydrogens (tertiary/aromatic N) is 1. The second kappa shape index (κ2) is 5.74. The van der Waals surface area contributed by atoms with Crippen LogP contribution in [0.1, 0.15) is 1.37 Å². The minimum atomic E-state index is 0.520. The standard InChI is InChI=1S/C28H18N2/c1-2-9-19(10-3-1)30-26-15-14-18-8-4-5-11-20(18)28(26)23-16-22-21-12-6-7-13-24(21)29-25(22)17-27(23)30/h1-17,29H/i9D. The van der Waals surface area contributed by atoms with E-state index in [1.807, 2.05) is 24.3 Å². The Morgan fingerprint density at radius 3 is 2.37 bits per heavy atom. The molecule has 2 heteroatoms. The van der Waals surface area contributed by atoms with E-state index in [-0.39, 0.29) is 0 Å². The average molecular weight is 383 g/mol. The van der Waals surface area contributed by atoms with Gasteiger partial charge in [0.25, 0.3) is 0 Å². The lowest BCUT2D eigenvalue weighted by Gasteiger charge is -2.08. The Bertz CT molecular complexity index is 1800. The first-order valence-electron chi connectivity index (χ1n) is 10.7. The third-order valence-corrected chi connectivity index (χ3v) is 6.21. The molecule has 0 atom stereocenters. The molecule has 2 nitrogen and oxygen atoms in total. The van der Waals surface area contributed by atoms with Gasteiger partial charge in [-0.1, -0.05) is 66.7 Å². The van der Waals surface area contributed by atoms with Crippen LogP contribution in [0.2, 0.25) is 0 Å². The van der Waals surface area contributed by atoms with Crippen LogP contribution in [0.15, 0.2) is 103 Å². The largest absolute Gasteiger partial charge is 0.354 e. The summed E-state index contributed by atoms with van der Waals surface area (Å²) < 4.78 is 10.8. The van der Waals surface area contributed by atoms with Crippen molar-refractivity contribution in [3.8, 4) is 5.69 Å². The van der Waals surface area contributed by atoms with Crippen molar-refractivity contribution in [2.45, 2.75) is 0 Å². The van der Waals surface area contributed by atoms with Crippen molar-refractivity contribution in [1.82, 2.24) is 9.55 Å². The molecular formula is C28H18N2. The summed E-state index contributed by atoms with van der Waals surface area (Å²) in [5, 5.41) is 7.39. The maximum atomic E-state index is 8.58. The zero-order valence-corrected chi connectivity index (χ0v) is 16.2. The number of fused-ring (bicyclic) bond motifs is 8. The number of nitrogens with one attached hydrogen (secondary N) is 1.